The first-order valence-corrected chi connectivity index (χ1v) is 11.9. The topological polar surface area (TPSA) is 108 Å². The molecule has 0 unspecified atom stereocenters. The van der Waals surface area contributed by atoms with Gasteiger partial charge in [0.1, 0.15) is 12.4 Å². The molecule has 1 aromatic heterocycles. The smallest absolute Gasteiger partial charge is 0.257 e. The molecule has 2 aliphatic heterocycles. The Labute approximate surface area is 186 Å². The van der Waals surface area contributed by atoms with Crippen LogP contribution in [0.25, 0.3) is 0 Å². The molecule has 0 aliphatic carbocycles. The van der Waals surface area contributed by atoms with Crippen LogP contribution in [0.5, 0.6) is 5.75 Å². The third-order valence-corrected chi connectivity index (χ3v) is 7.60. The maximum absolute atomic E-state index is 12.9. The van der Waals surface area contributed by atoms with Crippen molar-refractivity contribution in [3.63, 3.8) is 0 Å². The second-order valence-corrected chi connectivity index (χ2v) is 9.62. The van der Waals surface area contributed by atoms with Crippen LogP contribution in [0.1, 0.15) is 28.5 Å². The summed E-state index contributed by atoms with van der Waals surface area (Å²) in [5, 5.41) is 9.86. The van der Waals surface area contributed by atoms with Crippen molar-refractivity contribution in [1.29, 1.82) is 0 Å². The summed E-state index contributed by atoms with van der Waals surface area (Å²) >= 11 is 0. The molecule has 0 fully saturated rings. The first kappa shape index (κ1) is 20.5. The quantitative estimate of drug-likeness (QED) is 0.615. The summed E-state index contributed by atoms with van der Waals surface area (Å²) in [6.45, 7) is 4.65. The number of benzene rings is 2. The van der Waals surface area contributed by atoms with Crippen LogP contribution < -0.4 is 15.0 Å². The Kier molecular flexibility index (Phi) is 5.10. The van der Waals surface area contributed by atoms with Gasteiger partial charge in [0.05, 0.1) is 29.4 Å². The summed E-state index contributed by atoms with van der Waals surface area (Å²) in [5.74, 6) is 0.686. The molecule has 2 aliphatic rings. The van der Waals surface area contributed by atoms with E-state index >= 15 is 0 Å². The van der Waals surface area contributed by atoms with Gasteiger partial charge in [-0.3, -0.25) is 9.89 Å². The number of hydrogen-bond acceptors (Lipinski definition) is 6. The van der Waals surface area contributed by atoms with Gasteiger partial charge >= 0.3 is 0 Å². The van der Waals surface area contributed by atoms with Crippen molar-refractivity contribution in [2.75, 3.05) is 29.9 Å². The standard InChI is InChI=1S/C22H23N5O4S/c1-2-26-10-11-31-20-12-15(8-9-19(20)26)22(28)23-21-17-13-27(14-18(17)24-25-21)32(29,30)16-6-4-3-5-7-16/h3-9,12H,2,10-11,13-14H2,1H3,(H2,23,24,25,28). The Bertz CT molecular complexity index is 1270. The normalized spacial score (nSPS) is 15.7. The zero-order valence-corrected chi connectivity index (χ0v) is 18.4. The van der Waals surface area contributed by atoms with E-state index in [4.69, 9.17) is 4.74 Å². The predicted octanol–water partition coefficient (Wildman–Crippen LogP) is 2.59. The number of nitrogens with one attached hydrogen (secondary N) is 2. The van der Waals surface area contributed by atoms with E-state index in [1.165, 1.54) is 4.31 Å². The van der Waals surface area contributed by atoms with Crippen molar-refractivity contribution in [3.8, 4) is 5.75 Å². The van der Waals surface area contributed by atoms with Crippen LogP contribution in [0.15, 0.2) is 53.4 Å². The van der Waals surface area contributed by atoms with Gasteiger partial charge in [0.15, 0.2) is 5.82 Å². The Morgan fingerprint density at radius 3 is 2.78 bits per heavy atom. The van der Waals surface area contributed by atoms with E-state index in [1.807, 2.05) is 6.07 Å². The van der Waals surface area contributed by atoms with E-state index in [1.54, 1.807) is 42.5 Å². The lowest BCUT2D eigenvalue weighted by Gasteiger charge is -2.30. The third kappa shape index (κ3) is 3.51. The minimum atomic E-state index is -3.64. The fraction of sp³-hybridized carbons (Fsp3) is 0.273. The van der Waals surface area contributed by atoms with Gasteiger partial charge in [-0.25, -0.2) is 8.42 Å². The number of fused-ring (bicyclic) bond motifs is 2. The maximum Gasteiger partial charge on any atom is 0.257 e. The number of aromatic amines is 1. The molecular weight excluding hydrogens is 430 g/mol. The average molecular weight is 454 g/mol. The number of carbonyl (C=O) groups is 1. The highest BCUT2D eigenvalue weighted by Gasteiger charge is 2.34. The van der Waals surface area contributed by atoms with Crippen LogP contribution in [-0.4, -0.2) is 48.5 Å². The van der Waals surface area contributed by atoms with E-state index < -0.39 is 10.0 Å². The zero-order chi connectivity index (χ0) is 22.3. The SMILES string of the molecule is CCN1CCOc2cc(C(=O)Nc3n[nH]c4c3CN(S(=O)(=O)c3ccccc3)C4)ccc21. The molecule has 10 heteroatoms. The Hall–Kier alpha value is -3.37. The fourth-order valence-electron chi connectivity index (χ4n) is 4.05. The van der Waals surface area contributed by atoms with Gasteiger partial charge in [0.25, 0.3) is 5.91 Å². The zero-order valence-electron chi connectivity index (χ0n) is 17.5. The van der Waals surface area contributed by atoms with Crippen molar-refractivity contribution >= 4 is 27.4 Å². The number of likely N-dealkylation sites (N-methyl/N-ethyl adjacent to an activating group) is 1. The lowest BCUT2D eigenvalue weighted by Crippen LogP contribution is -2.32. The number of carbonyl (C=O) groups excluding carboxylic acids is 1. The van der Waals surface area contributed by atoms with Crippen molar-refractivity contribution in [2.24, 2.45) is 0 Å². The molecule has 5 rings (SSSR count). The van der Waals surface area contributed by atoms with Gasteiger partial charge in [-0.05, 0) is 37.3 Å². The molecule has 2 N–H and O–H groups in total. The van der Waals surface area contributed by atoms with Gasteiger partial charge in [0.2, 0.25) is 10.0 Å². The lowest BCUT2D eigenvalue weighted by atomic mass is 10.1. The van der Waals surface area contributed by atoms with Gasteiger partial charge < -0.3 is 15.0 Å². The summed E-state index contributed by atoms with van der Waals surface area (Å²) in [7, 11) is -3.64. The second-order valence-electron chi connectivity index (χ2n) is 7.68. The van der Waals surface area contributed by atoms with Crippen LogP contribution in [0.3, 0.4) is 0 Å². The minimum absolute atomic E-state index is 0.136. The highest BCUT2D eigenvalue weighted by Crippen LogP contribution is 2.34. The van der Waals surface area contributed by atoms with Gasteiger partial charge in [-0.1, -0.05) is 18.2 Å². The molecule has 0 atom stereocenters. The number of hydrogen-bond donors (Lipinski definition) is 2. The molecule has 166 valence electrons. The number of rotatable bonds is 5. The highest BCUT2D eigenvalue weighted by molar-refractivity contribution is 7.89. The summed E-state index contributed by atoms with van der Waals surface area (Å²) in [6, 6.07) is 13.7. The average Bonchev–Trinajstić information content (AvgIpc) is 3.41. The van der Waals surface area contributed by atoms with Gasteiger partial charge in [-0.2, -0.15) is 9.40 Å². The molecule has 32 heavy (non-hydrogen) atoms. The predicted molar refractivity (Wildman–Crippen MR) is 119 cm³/mol. The molecule has 9 nitrogen and oxygen atoms in total. The fourth-order valence-corrected chi connectivity index (χ4v) is 5.45. The van der Waals surface area contributed by atoms with Crippen molar-refractivity contribution in [3.05, 3.63) is 65.4 Å². The molecule has 0 spiro atoms. The summed E-state index contributed by atoms with van der Waals surface area (Å²) in [6.07, 6.45) is 0. The first-order valence-electron chi connectivity index (χ1n) is 10.4. The molecule has 0 bridgehead atoms. The van der Waals surface area contributed by atoms with E-state index in [0.29, 0.717) is 35.0 Å². The van der Waals surface area contributed by atoms with E-state index in [9.17, 15) is 13.2 Å². The van der Waals surface area contributed by atoms with E-state index in [-0.39, 0.29) is 23.9 Å². The molecule has 3 heterocycles. The van der Waals surface area contributed by atoms with Crippen LogP contribution >= 0.6 is 0 Å². The number of sulfonamides is 1. The van der Waals surface area contributed by atoms with E-state index in [0.717, 1.165) is 18.8 Å². The molecule has 3 aromatic rings. The first-order chi connectivity index (χ1) is 15.5. The second kappa shape index (κ2) is 7.95. The highest BCUT2D eigenvalue weighted by atomic mass is 32.2. The molecule has 0 saturated heterocycles. The molecular formula is C22H23N5O4S. The molecule has 2 aromatic carbocycles. The summed E-state index contributed by atoms with van der Waals surface area (Å²) in [4.78, 5) is 15.3. The Morgan fingerprint density at radius 2 is 2.00 bits per heavy atom. The number of amides is 1. The van der Waals surface area contributed by atoms with Crippen molar-refractivity contribution in [1.82, 2.24) is 14.5 Å². The van der Waals surface area contributed by atoms with Gasteiger partial charge in [0, 0.05) is 24.2 Å². The molecule has 0 radical (unpaired) electrons. The minimum Gasteiger partial charge on any atom is -0.490 e. The van der Waals surface area contributed by atoms with Crippen LogP contribution in [-0.2, 0) is 23.1 Å². The molecule has 1 amide bonds. The largest absolute Gasteiger partial charge is 0.490 e. The Balaban J connectivity index is 1.34. The number of ether oxygens (including phenoxy) is 1. The Morgan fingerprint density at radius 1 is 1.19 bits per heavy atom. The monoisotopic (exact) mass is 453 g/mol. The summed E-state index contributed by atoms with van der Waals surface area (Å²) in [5.41, 5.74) is 2.76. The van der Waals surface area contributed by atoms with Gasteiger partial charge in [-0.15, -0.1) is 0 Å². The van der Waals surface area contributed by atoms with Crippen molar-refractivity contribution in [2.45, 2.75) is 24.9 Å². The maximum atomic E-state index is 12.9. The molecule has 0 saturated carbocycles. The van der Waals surface area contributed by atoms with Crippen LogP contribution in [0.2, 0.25) is 0 Å². The number of anilines is 2. The summed E-state index contributed by atoms with van der Waals surface area (Å²) < 4.78 is 33.0. The van der Waals surface area contributed by atoms with E-state index in [2.05, 4.69) is 27.3 Å². The number of nitrogens with zero attached hydrogens (tertiary/aromatic N) is 3. The van der Waals surface area contributed by atoms with Crippen LogP contribution in [0.4, 0.5) is 11.5 Å². The third-order valence-electron chi connectivity index (χ3n) is 5.80. The van der Waals surface area contributed by atoms with Crippen LogP contribution in [0, 0.1) is 0 Å². The lowest BCUT2D eigenvalue weighted by molar-refractivity contribution is 0.102. The number of H-pyrrole nitrogens is 1. The number of aromatic nitrogens is 2. The van der Waals surface area contributed by atoms with Crippen molar-refractivity contribution < 1.29 is 17.9 Å².